The average Bonchev–Trinajstić information content (AvgIpc) is 3.50. The molecule has 0 bridgehead atoms. The summed E-state index contributed by atoms with van der Waals surface area (Å²) < 4.78 is 1.76. The lowest BCUT2D eigenvalue weighted by molar-refractivity contribution is -0.136. The van der Waals surface area contributed by atoms with E-state index < -0.39 is 5.97 Å². The normalized spacial score (nSPS) is 14.7. The number of pyridine rings is 1. The van der Waals surface area contributed by atoms with Crippen LogP contribution in [0.1, 0.15) is 54.1 Å². The molecule has 33 heavy (non-hydrogen) atoms. The number of nitrogens with one attached hydrogen (secondary N) is 2. The second-order valence-electron chi connectivity index (χ2n) is 8.20. The molecule has 1 amide bonds. The van der Waals surface area contributed by atoms with E-state index in [-0.39, 0.29) is 24.9 Å². The highest BCUT2D eigenvalue weighted by atomic mass is 35.5. The first-order valence-corrected chi connectivity index (χ1v) is 11.4. The van der Waals surface area contributed by atoms with Crippen molar-refractivity contribution >= 4 is 29.2 Å². The zero-order valence-electron chi connectivity index (χ0n) is 18.1. The summed E-state index contributed by atoms with van der Waals surface area (Å²) in [4.78, 5) is 31.4. The molecule has 1 fully saturated rings. The van der Waals surface area contributed by atoms with Crippen molar-refractivity contribution in [3.05, 3.63) is 71.4 Å². The van der Waals surface area contributed by atoms with Crippen molar-refractivity contribution in [2.75, 3.05) is 11.9 Å². The molecule has 1 saturated carbocycles. The van der Waals surface area contributed by atoms with Gasteiger partial charge >= 0.3 is 5.97 Å². The minimum Gasteiger partial charge on any atom is -0.481 e. The second kappa shape index (κ2) is 10.5. The molecule has 0 saturated heterocycles. The molecule has 2 heterocycles. The van der Waals surface area contributed by atoms with Gasteiger partial charge in [0.05, 0.1) is 24.3 Å². The summed E-state index contributed by atoms with van der Waals surface area (Å²) in [7, 11) is 0. The Bertz CT molecular complexity index is 1090. The first-order chi connectivity index (χ1) is 16.0. The summed E-state index contributed by atoms with van der Waals surface area (Å²) in [6.45, 7) is 0.108. The minimum atomic E-state index is -0.938. The number of hydrogen-bond donors (Lipinski definition) is 3. The Morgan fingerprint density at radius 3 is 2.48 bits per heavy atom. The summed E-state index contributed by atoms with van der Waals surface area (Å²) >= 11 is 5.90. The smallest absolute Gasteiger partial charge is 0.305 e. The molecule has 3 N–H and O–H groups in total. The highest BCUT2D eigenvalue weighted by Gasteiger charge is 2.26. The van der Waals surface area contributed by atoms with Gasteiger partial charge in [0, 0.05) is 18.3 Å². The number of anilines is 1. The number of aliphatic carboxylic acids is 1. The molecule has 1 atom stereocenters. The third-order valence-electron chi connectivity index (χ3n) is 5.91. The lowest BCUT2D eigenvalue weighted by Crippen LogP contribution is -2.26. The molecule has 0 spiro atoms. The predicted octanol–water partition coefficient (Wildman–Crippen LogP) is 4.47. The number of halogens is 1. The number of benzene rings is 1. The minimum absolute atomic E-state index is 0.0990. The van der Waals surface area contributed by atoms with Crippen molar-refractivity contribution < 1.29 is 14.7 Å². The Morgan fingerprint density at radius 1 is 1.12 bits per heavy atom. The van der Waals surface area contributed by atoms with Crippen LogP contribution in [0.3, 0.4) is 0 Å². The number of carbonyl (C=O) groups is 2. The molecule has 1 unspecified atom stereocenters. The predicted molar refractivity (Wildman–Crippen MR) is 126 cm³/mol. The zero-order valence-corrected chi connectivity index (χ0v) is 18.8. The van der Waals surface area contributed by atoms with Gasteiger partial charge in [-0.1, -0.05) is 36.6 Å². The largest absolute Gasteiger partial charge is 0.481 e. The Balaban J connectivity index is 1.47. The van der Waals surface area contributed by atoms with E-state index in [9.17, 15) is 9.59 Å². The van der Waals surface area contributed by atoms with E-state index in [1.54, 1.807) is 35.4 Å². The van der Waals surface area contributed by atoms with E-state index in [4.69, 9.17) is 16.7 Å². The number of carboxylic acids is 1. The summed E-state index contributed by atoms with van der Waals surface area (Å²) in [6.07, 6.45) is 9.75. The monoisotopic (exact) mass is 467 g/mol. The van der Waals surface area contributed by atoms with E-state index >= 15 is 0 Å². The van der Waals surface area contributed by atoms with Crippen LogP contribution in [-0.2, 0) is 4.79 Å². The number of carbonyl (C=O) groups excluding carboxylic acids is 1. The van der Waals surface area contributed by atoms with Crippen LogP contribution in [0.5, 0.6) is 0 Å². The Hall–Kier alpha value is -3.39. The quantitative estimate of drug-likeness (QED) is 0.428. The van der Waals surface area contributed by atoms with Crippen molar-refractivity contribution in [2.45, 2.75) is 38.1 Å². The van der Waals surface area contributed by atoms with Gasteiger partial charge in [0.25, 0.3) is 5.91 Å². The molecule has 3 aromatic rings. The van der Waals surface area contributed by atoms with Crippen LogP contribution in [-0.4, -0.2) is 38.1 Å². The summed E-state index contributed by atoms with van der Waals surface area (Å²) in [6, 6.07) is 11.5. The SMILES string of the molecule is O=C(O)CCNC(=O)c1ccc(C(Nc2ccc(-n3cnc(Cl)c3)nc2)C2CCCC2)cc1. The van der Waals surface area contributed by atoms with E-state index in [0.29, 0.717) is 16.6 Å². The molecule has 1 aliphatic rings. The molecule has 8 nitrogen and oxygen atoms in total. The topological polar surface area (TPSA) is 109 Å². The van der Waals surface area contributed by atoms with Crippen LogP contribution in [0, 0.1) is 5.92 Å². The number of nitrogens with zero attached hydrogens (tertiary/aromatic N) is 3. The summed E-state index contributed by atoms with van der Waals surface area (Å²) in [5.41, 5.74) is 2.53. The van der Waals surface area contributed by atoms with Gasteiger partial charge in [-0.15, -0.1) is 0 Å². The number of rotatable bonds is 9. The second-order valence-corrected chi connectivity index (χ2v) is 8.58. The third-order valence-corrected chi connectivity index (χ3v) is 6.11. The number of hydrogen-bond acceptors (Lipinski definition) is 5. The fraction of sp³-hybridized carbons (Fsp3) is 0.333. The Labute approximate surface area is 197 Å². The van der Waals surface area contributed by atoms with Gasteiger partial charge in [-0.05, 0) is 48.6 Å². The van der Waals surface area contributed by atoms with Crippen LogP contribution >= 0.6 is 11.6 Å². The van der Waals surface area contributed by atoms with E-state index in [2.05, 4.69) is 20.6 Å². The Morgan fingerprint density at radius 2 is 1.88 bits per heavy atom. The van der Waals surface area contributed by atoms with Crippen LogP contribution in [0.25, 0.3) is 5.82 Å². The van der Waals surface area contributed by atoms with Crippen molar-refractivity contribution in [3.63, 3.8) is 0 Å². The third kappa shape index (κ3) is 5.90. The maximum Gasteiger partial charge on any atom is 0.305 e. The first kappa shape index (κ1) is 22.8. The van der Waals surface area contributed by atoms with Crippen molar-refractivity contribution in [1.29, 1.82) is 0 Å². The average molecular weight is 468 g/mol. The first-order valence-electron chi connectivity index (χ1n) is 11.0. The van der Waals surface area contributed by atoms with E-state index in [1.807, 2.05) is 24.3 Å². The molecule has 1 aromatic carbocycles. The molecule has 2 aromatic heterocycles. The van der Waals surface area contributed by atoms with Gasteiger partial charge in [0.2, 0.25) is 0 Å². The maximum atomic E-state index is 12.3. The maximum absolute atomic E-state index is 12.3. The van der Waals surface area contributed by atoms with Gasteiger partial charge < -0.3 is 15.7 Å². The van der Waals surface area contributed by atoms with Crippen molar-refractivity contribution in [2.24, 2.45) is 5.92 Å². The number of amides is 1. The molecular weight excluding hydrogens is 442 g/mol. The van der Waals surface area contributed by atoms with Crippen LogP contribution in [0.4, 0.5) is 5.69 Å². The standard InChI is InChI=1S/C24H26ClN5O3/c25-20-14-30(15-28-20)21-10-9-19(13-27-21)29-23(16-3-1-2-4-16)17-5-7-18(8-6-17)24(33)26-12-11-22(31)32/h5-10,13-16,23,29H,1-4,11-12H2,(H,26,33)(H,31,32). The fourth-order valence-corrected chi connectivity index (χ4v) is 4.37. The molecule has 1 aliphatic carbocycles. The number of carboxylic acid groups (broad SMARTS) is 1. The molecule has 4 rings (SSSR count). The fourth-order valence-electron chi connectivity index (χ4n) is 4.22. The summed E-state index contributed by atoms with van der Waals surface area (Å²) in [5, 5.41) is 15.4. The summed E-state index contributed by atoms with van der Waals surface area (Å²) in [5.74, 6) is 0.0167. The highest BCUT2D eigenvalue weighted by molar-refractivity contribution is 6.29. The van der Waals surface area contributed by atoms with Crippen LogP contribution in [0.2, 0.25) is 5.15 Å². The number of aromatic nitrogens is 3. The number of imidazole rings is 1. The van der Waals surface area contributed by atoms with Gasteiger partial charge in [-0.2, -0.15) is 0 Å². The highest BCUT2D eigenvalue weighted by Crippen LogP contribution is 2.38. The molecular formula is C24H26ClN5O3. The van der Waals surface area contributed by atoms with Crippen molar-refractivity contribution in [1.82, 2.24) is 19.9 Å². The molecule has 9 heteroatoms. The van der Waals surface area contributed by atoms with E-state index in [1.165, 1.54) is 12.8 Å². The van der Waals surface area contributed by atoms with Gasteiger partial charge in [-0.25, -0.2) is 9.97 Å². The van der Waals surface area contributed by atoms with Gasteiger partial charge in [0.15, 0.2) is 0 Å². The zero-order chi connectivity index (χ0) is 23.2. The van der Waals surface area contributed by atoms with Crippen LogP contribution < -0.4 is 10.6 Å². The molecule has 172 valence electrons. The molecule has 0 aliphatic heterocycles. The Kier molecular flexibility index (Phi) is 7.24. The van der Waals surface area contributed by atoms with E-state index in [0.717, 1.165) is 29.9 Å². The van der Waals surface area contributed by atoms with Gasteiger partial charge in [0.1, 0.15) is 17.3 Å². The lowest BCUT2D eigenvalue weighted by atomic mass is 9.91. The molecule has 0 radical (unpaired) electrons. The lowest BCUT2D eigenvalue weighted by Gasteiger charge is -2.26. The van der Waals surface area contributed by atoms with Crippen LogP contribution in [0.15, 0.2) is 55.1 Å². The van der Waals surface area contributed by atoms with Crippen molar-refractivity contribution in [3.8, 4) is 5.82 Å². The van der Waals surface area contributed by atoms with Gasteiger partial charge in [-0.3, -0.25) is 14.2 Å².